The maximum Gasteiger partial charge on any atom is 0.353 e. The molecule has 206 valence electrons. The number of hydrogen-bond acceptors (Lipinski definition) is 12. The second-order valence-electron chi connectivity index (χ2n) is 9.22. The summed E-state index contributed by atoms with van der Waals surface area (Å²) in [6, 6.07) is -1.04. The maximum atomic E-state index is 13.2. The molecule has 18 heteroatoms. The molecular formula is C21H23N8O7S3+. The maximum absolute atomic E-state index is 13.2. The van der Waals surface area contributed by atoms with Crippen molar-refractivity contribution in [1.29, 1.82) is 0 Å². The third kappa shape index (κ3) is 5.06. The number of aromatic nitrogens is 4. The normalized spacial score (nSPS) is 22.7. The number of fused-ring (bicyclic) bond motifs is 2. The van der Waals surface area contributed by atoms with Crippen molar-refractivity contribution in [2.24, 2.45) is 5.16 Å². The van der Waals surface area contributed by atoms with Crippen LogP contribution in [0, 0.1) is 0 Å². The molecule has 2 aromatic rings. The number of rotatable bonds is 9. The molecule has 1 fully saturated rings. The molecule has 39 heavy (non-hydrogen) atoms. The summed E-state index contributed by atoms with van der Waals surface area (Å²) in [6.07, 6.45) is 3.41. The van der Waals surface area contributed by atoms with E-state index in [0.717, 1.165) is 11.3 Å². The monoisotopic (exact) mass is 595 g/mol. The fourth-order valence-corrected chi connectivity index (χ4v) is 7.43. The number of aliphatic carboxylic acids is 2. The van der Waals surface area contributed by atoms with Crippen molar-refractivity contribution < 1.29 is 38.9 Å². The first kappa shape index (κ1) is 26.9. The van der Waals surface area contributed by atoms with Gasteiger partial charge in [-0.15, -0.1) is 34.9 Å². The number of nitrogen functional groups attached to an aromatic ring is 1. The van der Waals surface area contributed by atoms with Gasteiger partial charge in [-0.1, -0.05) is 5.16 Å². The largest absolute Gasteiger partial charge is 0.478 e. The van der Waals surface area contributed by atoms with Gasteiger partial charge in [-0.05, 0) is 18.8 Å². The number of β-lactam (4-membered cyclic amide) rings is 1. The third-order valence-electron chi connectivity index (χ3n) is 6.10. The Bertz CT molecular complexity index is 1410. The number of amides is 2. The van der Waals surface area contributed by atoms with E-state index in [-0.39, 0.29) is 27.5 Å². The van der Waals surface area contributed by atoms with E-state index in [2.05, 4.69) is 20.4 Å². The van der Waals surface area contributed by atoms with Gasteiger partial charge in [0.25, 0.3) is 11.8 Å². The summed E-state index contributed by atoms with van der Waals surface area (Å²) < 4.78 is 3.88. The Kier molecular flexibility index (Phi) is 7.02. The molecule has 3 aliphatic heterocycles. The standard InChI is InChI=1S/C21H22N8O7S3/c1-21(2,19(34)35)36-26-12(10-5-38-20(22)24-10)15(30)25-13-16(31)29-14(18(32)33)11(6-37-17(13)29)39-9-3-27-7-23-8-28(27)4-9/h5,7-9,13,17H,3-4,6H2,1-2H3,(H4-,22,24,25,30,32,33,34,35)/p+1/b26-12-/t13-,17-/m1/s1. The summed E-state index contributed by atoms with van der Waals surface area (Å²) in [6.45, 7) is 3.82. The average Bonchev–Trinajstić information content (AvgIpc) is 3.59. The number of nitrogens with zero attached hydrogens (tertiary/aromatic N) is 6. The minimum absolute atomic E-state index is 0.0380. The van der Waals surface area contributed by atoms with Gasteiger partial charge in [0.2, 0.25) is 11.9 Å². The molecule has 2 aromatic heterocycles. The van der Waals surface area contributed by atoms with Gasteiger partial charge in [-0.2, -0.15) is 9.36 Å². The van der Waals surface area contributed by atoms with Gasteiger partial charge in [-0.25, -0.2) is 14.6 Å². The lowest BCUT2D eigenvalue weighted by Crippen LogP contribution is -2.71. The number of carbonyl (C=O) groups excluding carboxylic acids is 2. The van der Waals surface area contributed by atoms with Crippen LogP contribution in [-0.4, -0.2) is 87.2 Å². The van der Waals surface area contributed by atoms with Crippen molar-refractivity contribution in [1.82, 2.24) is 24.9 Å². The third-order valence-corrected chi connectivity index (χ3v) is 9.49. The molecule has 5 N–H and O–H groups in total. The molecule has 5 rings (SSSR count). The van der Waals surface area contributed by atoms with E-state index in [1.54, 1.807) is 12.7 Å². The predicted octanol–water partition coefficient (Wildman–Crippen LogP) is -0.695. The number of hydrogen-bond donors (Lipinski definition) is 4. The van der Waals surface area contributed by atoms with Gasteiger partial charge in [0.15, 0.2) is 10.8 Å². The number of carboxylic acids is 2. The number of thioether (sulfide) groups is 2. The Morgan fingerprint density at radius 2 is 2.13 bits per heavy atom. The lowest BCUT2D eigenvalue weighted by atomic mass is 10.0. The van der Waals surface area contributed by atoms with Crippen molar-refractivity contribution in [3.63, 3.8) is 0 Å². The van der Waals surface area contributed by atoms with Gasteiger partial charge >= 0.3 is 18.3 Å². The first-order valence-corrected chi connectivity index (χ1v) is 14.3. The van der Waals surface area contributed by atoms with E-state index < -0.39 is 40.8 Å². The van der Waals surface area contributed by atoms with Crippen LogP contribution in [0.5, 0.6) is 0 Å². The first-order valence-electron chi connectivity index (χ1n) is 11.5. The molecule has 3 aliphatic rings. The van der Waals surface area contributed by atoms with Gasteiger partial charge in [0.1, 0.15) is 29.4 Å². The van der Waals surface area contributed by atoms with Crippen LogP contribution in [0.1, 0.15) is 19.5 Å². The number of oxime groups is 1. The summed E-state index contributed by atoms with van der Waals surface area (Å²) in [5.74, 6) is -3.62. The van der Waals surface area contributed by atoms with Crippen LogP contribution < -0.4 is 15.7 Å². The lowest BCUT2D eigenvalue weighted by Gasteiger charge is -2.49. The fourth-order valence-electron chi connectivity index (χ4n) is 4.06. The highest BCUT2D eigenvalue weighted by atomic mass is 32.2. The SMILES string of the molecule is CC(C)(O/N=C(\C(=O)N[C@@H]1C(=O)N2C(C(=O)O)=C(SC3Cn4cnc[n+]4C3)CS[C@H]12)c1csc(N)n1)C(=O)O. The molecule has 0 unspecified atom stereocenters. The molecule has 0 spiro atoms. The quantitative estimate of drug-likeness (QED) is 0.123. The zero-order valence-corrected chi connectivity index (χ0v) is 23.0. The van der Waals surface area contributed by atoms with Crippen molar-refractivity contribution in [3.05, 3.63) is 34.3 Å². The second-order valence-corrected chi connectivity index (χ2v) is 12.6. The smallest absolute Gasteiger partial charge is 0.353 e. The molecule has 2 atom stereocenters. The minimum Gasteiger partial charge on any atom is -0.478 e. The zero-order chi connectivity index (χ0) is 28.1. The Labute approximate surface area is 233 Å². The highest BCUT2D eigenvalue weighted by molar-refractivity contribution is 8.06. The number of anilines is 1. The lowest BCUT2D eigenvalue weighted by molar-refractivity contribution is -0.758. The first-order chi connectivity index (χ1) is 18.5. The van der Waals surface area contributed by atoms with E-state index in [9.17, 15) is 29.4 Å². The van der Waals surface area contributed by atoms with Crippen molar-refractivity contribution in [2.75, 3.05) is 11.5 Å². The summed E-state index contributed by atoms with van der Waals surface area (Å²) in [5.41, 5.74) is 3.51. The molecule has 5 heterocycles. The Morgan fingerprint density at radius 1 is 1.36 bits per heavy atom. The highest BCUT2D eigenvalue weighted by Gasteiger charge is 2.55. The van der Waals surface area contributed by atoms with Crippen LogP contribution in [0.2, 0.25) is 0 Å². The zero-order valence-electron chi connectivity index (χ0n) is 20.5. The summed E-state index contributed by atoms with van der Waals surface area (Å²) in [5, 5.41) is 26.6. The molecule has 1 saturated heterocycles. The number of nitrogens with one attached hydrogen (secondary N) is 1. The molecule has 2 amide bonds. The van der Waals surface area contributed by atoms with Crippen LogP contribution in [0.15, 0.2) is 33.8 Å². The molecule has 0 bridgehead atoms. The molecule has 0 saturated carbocycles. The van der Waals surface area contributed by atoms with Crippen LogP contribution in [0.4, 0.5) is 5.13 Å². The number of thiazole rings is 1. The van der Waals surface area contributed by atoms with Crippen molar-refractivity contribution in [3.8, 4) is 0 Å². The fraction of sp³-hybridized carbons (Fsp3) is 0.429. The average molecular weight is 596 g/mol. The minimum atomic E-state index is -1.75. The summed E-state index contributed by atoms with van der Waals surface area (Å²) in [7, 11) is 0. The molecule has 15 nitrogen and oxygen atoms in total. The van der Waals surface area contributed by atoms with Gasteiger partial charge in [0, 0.05) is 16.0 Å². The van der Waals surface area contributed by atoms with Gasteiger partial charge in [-0.3, -0.25) is 14.5 Å². The van der Waals surface area contributed by atoms with E-state index >= 15 is 0 Å². The van der Waals surface area contributed by atoms with Crippen molar-refractivity contribution in [2.45, 2.75) is 49.2 Å². The molecule has 0 aliphatic carbocycles. The summed E-state index contributed by atoms with van der Waals surface area (Å²) >= 11 is 3.80. The highest BCUT2D eigenvalue weighted by Crippen LogP contribution is 2.44. The van der Waals surface area contributed by atoms with Crippen LogP contribution in [-0.2, 0) is 37.1 Å². The van der Waals surface area contributed by atoms with Gasteiger partial charge < -0.3 is 26.1 Å². The Hall–Kier alpha value is -3.64. The number of carbonyl (C=O) groups is 4. The molecular weight excluding hydrogens is 572 g/mol. The van der Waals surface area contributed by atoms with Crippen LogP contribution in [0.25, 0.3) is 0 Å². The number of carboxylic acid groups (broad SMARTS) is 2. The topological polar surface area (TPSA) is 206 Å². The van der Waals surface area contributed by atoms with Crippen LogP contribution >= 0.6 is 34.9 Å². The Balaban J connectivity index is 1.32. The van der Waals surface area contributed by atoms with Gasteiger partial charge in [0.05, 0.1) is 11.8 Å². The van der Waals surface area contributed by atoms with E-state index in [1.165, 1.54) is 47.7 Å². The molecule has 0 aromatic carbocycles. The molecule has 0 radical (unpaired) electrons. The number of nitrogens with two attached hydrogens (primary N) is 1. The van der Waals surface area contributed by atoms with Crippen LogP contribution in [0.3, 0.4) is 0 Å². The summed E-state index contributed by atoms with van der Waals surface area (Å²) in [4.78, 5) is 64.9. The van der Waals surface area contributed by atoms with Crippen molar-refractivity contribution >= 4 is 69.5 Å². The Morgan fingerprint density at radius 3 is 2.77 bits per heavy atom. The predicted molar refractivity (Wildman–Crippen MR) is 139 cm³/mol. The second kappa shape index (κ2) is 10.2. The van der Waals surface area contributed by atoms with E-state index in [1.807, 2.05) is 9.36 Å². The van der Waals surface area contributed by atoms with E-state index in [4.69, 9.17) is 10.6 Å². The van der Waals surface area contributed by atoms with E-state index in [0.29, 0.717) is 23.7 Å².